The minimum absolute atomic E-state index is 0.0133. The maximum Gasteiger partial charge on any atom is 0.296 e. The van der Waals surface area contributed by atoms with Crippen LogP contribution in [0.15, 0.2) is 41.2 Å². The molecule has 0 fully saturated rings. The highest BCUT2D eigenvalue weighted by atomic mass is 19.1. The predicted octanol–water partition coefficient (Wildman–Crippen LogP) is 1.85. The summed E-state index contributed by atoms with van der Waals surface area (Å²) in [5.41, 5.74) is 0.889. The van der Waals surface area contributed by atoms with E-state index in [1.165, 1.54) is 24.5 Å². The lowest BCUT2D eigenvalue weighted by Gasteiger charge is -1.95. The van der Waals surface area contributed by atoms with Crippen LogP contribution in [-0.2, 0) is 0 Å². The van der Waals surface area contributed by atoms with Crippen LogP contribution in [0, 0.1) is 5.82 Å². The summed E-state index contributed by atoms with van der Waals surface area (Å²) in [6.07, 6.45) is 1.26. The zero-order valence-corrected chi connectivity index (χ0v) is 10.0. The molecule has 0 radical (unpaired) electrons. The van der Waals surface area contributed by atoms with Gasteiger partial charge < -0.3 is 4.52 Å². The second kappa shape index (κ2) is 4.92. The maximum atomic E-state index is 13.1. The fraction of sp³-hybridized carbons (Fsp3) is 0. The van der Waals surface area contributed by atoms with Crippen LogP contribution in [0.3, 0.4) is 0 Å². The number of nitrogens with one attached hydrogen (secondary N) is 2. The molecule has 0 saturated heterocycles. The second-order valence-corrected chi connectivity index (χ2v) is 3.87. The topological polar surface area (TPSA) is 96.7 Å². The van der Waals surface area contributed by atoms with Crippen LogP contribution < -0.4 is 5.32 Å². The third kappa shape index (κ3) is 2.39. The minimum atomic E-state index is -0.531. The minimum Gasteiger partial charge on any atom is -0.350 e. The van der Waals surface area contributed by atoms with E-state index in [-0.39, 0.29) is 11.7 Å². The molecular weight excluding hydrogens is 265 g/mol. The largest absolute Gasteiger partial charge is 0.350 e. The van der Waals surface area contributed by atoms with Crippen molar-refractivity contribution in [3.8, 4) is 11.3 Å². The Morgan fingerprint density at radius 3 is 3.00 bits per heavy atom. The molecule has 0 bridgehead atoms. The molecule has 7 nitrogen and oxygen atoms in total. The Kier molecular flexibility index (Phi) is 2.96. The van der Waals surface area contributed by atoms with Crippen LogP contribution in [0.2, 0.25) is 0 Å². The van der Waals surface area contributed by atoms with Crippen molar-refractivity contribution in [1.29, 1.82) is 0 Å². The molecule has 0 aliphatic carbocycles. The van der Waals surface area contributed by atoms with Gasteiger partial charge in [0.1, 0.15) is 17.8 Å². The highest BCUT2D eigenvalue weighted by Crippen LogP contribution is 2.20. The predicted molar refractivity (Wildman–Crippen MR) is 66.2 cm³/mol. The van der Waals surface area contributed by atoms with E-state index in [9.17, 15) is 9.18 Å². The van der Waals surface area contributed by atoms with Crippen molar-refractivity contribution < 1.29 is 13.7 Å². The van der Waals surface area contributed by atoms with Gasteiger partial charge in [-0.15, -0.1) is 0 Å². The van der Waals surface area contributed by atoms with Gasteiger partial charge in [-0.2, -0.15) is 10.1 Å². The summed E-state index contributed by atoms with van der Waals surface area (Å²) in [5, 5.41) is 12.2. The number of rotatable bonds is 3. The molecule has 1 amide bonds. The van der Waals surface area contributed by atoms with Crippen LogP contribution in [0.1, 0.15) is 10.6 Å². The molecule has 2 heterocycles. The lowest BCUT2D eigenvalue weighted by atomic mass is 10.1. The number of carbonyl (C=O) groups excluding carboxylic acids is 1. The zero-order valence-electron chi connectivity index (χ0n) is 10.0. The second-order valence-electron chi connectivity index (χ2n) is 3.87. The Labute approximate surface area is 111 Å². The Morgan fingerprint density at radius 1 is 1.35 bits per heavy atom. The van der Waals surface area contributed by atoms with Gasteiger partial charge in [0.2, 0.25) is 11.7 Å². The number of halogens is 1. The number of benzene rings is 1. The van der Waals surface area contributed by atoms with E-state index >= 15 is 0 Å². The summed E-state index contributed by atoms with van der Waals surface area (Å²) >= 11 is 0. The van der Waals surface area contributed by atoms with Crippen LogP contribution >= 0.6 is 0 Å². The molecule has 1 aromatic carbocycles. The normalized spacial score (nSPS) is 10.4. The molecule has 100 valence electrons. The first kappa shape index (κ1) is 12.0. The number of carbonyl (C=O) groups is 1. The van der Waals surface area contributed by atoms with E-state index in [0.717, 1.165) is 0 Å². The fourth-order valence-electron chi connectivity index (χ4n) is 1.60. The van der Waals surface area contributed by atoms with Gasteiger partial charge in [-0.05, 0) is 12.1 Å². The van der Waals surface area contributed by atoms with E-state index in [1.807, 2.05) is 0 Å². The van der Waals surface area contributed by atoms with Gasteiger partial charge in [0.05, 0.1) is 0 Å². The highest BCUT2D eigenvalue weighted by Gasteiger charge is 2.15. The third-order valence-corrected chi connectivity index (χ3v) is 2.50. The summed E-state index contributed by atoms with van der Waals surface area (Å²) < 4.78 is 18.0. The summed E-state index contributed by atoms with van der Waals surface area (Å²) in [5.74, 6) is -0.741. The lowest BCUT2D eigenvalue weighted by Crippen LogP contribution is -2.11. The molecule has 2 aromatic heterocycles. The first-order chi connectivity index (χ1) is 9.72. The monoisotopic (exact) mass is 273 g/mol. The summed E-state index contributed by atoms with van der Waals surface area (Å²) in [4.78, 5) is 15.6. The van der Waals surface area contributed by atoms with E-state index in [4.69, 9.17) is 4.52 Å². The zero-order chi connectivity index (χ0) is 13.9. The quantitative estimate of drug-likeness (QED) is 0.759. The van der Waals surface area contributed by atoms with Crippen molar-refractivity contribution in [3.05, 3.63) is 48.2 Å². The van der Waals surface area contributed by atoms with E-state index in [0.29, 0.717) is 11.3 Å². The lowest BCUT2D eigenvalue weighted by molar-refractivity contribution is 0.0987. The van der Waals surface area contributed by atoms with Crippen LogP contribution in [-0.4, -0.2) is 26.2 Å². The van der Waals surface area contributed by atoms with Gasteiger partial charge >= 0.3 is 0 Å². The smallest absolute Gasteiger partial charge is 0.296 e. The Bertz CT molecular complexity index is 738. The molecule has 0 unspecified atom stereocenters. The highest BCUT2D eigenvalue weighted by molar-refractivity contribution is 6.01. The average molecular weight is 273 g/mol. The summed E-state index contributed by atoms with van der Waals surface area (Å²) in [6, 6.07) is 7.25. The van der Waals surface area contributed by atoms with E-state index < -0.39 is 11.7 Å². The van der Waals surface area contributed by atoms with E-state index in [2.05, 4.69) is 25.7 Å². The van der Waals surface area contributed by atoms with Crippen molar-refractivity contribution in [2.75, 3.05) is 5.32 Å². The average Bonchev–Trinajstić information content (AvgIpc) is 3.09. The Morgan fingerprint density at radius 2 is 2.25 bits per heavy atom. The Balaban J connectivity index is 1.81. The van der Waals surface area contributed by atoms with Crippen LogP contribution in [0.5, 0.6) is 0 Å². The van der Waals surface area contributed by atoms with Crippen molar-refractivity contribution in [2.45, 2.75) is 0 Å². The van der Waals surface area contributed by atoms with Gasteiger partial charge in [-0.3, -0.25) is 10.1 Å². The van der Waals surface area contributed by atoms with E-state index in [1.54, 1.807) is 12.1 Å². The molecule has 8 heteroatoms. The molecule has 20 heavy (non-hydrogen) atoms. The SMILES string of the molecule is O=C(Nc1ncn[nH]1)c1cc(-c2cccc(F)c2)no1. The number of nitrogens with zero attached hydrogens (tertiary/aromatic N) is 3. The van der Waals surface area contributed by atoms with Gasteiger partial charge in [0.15, 0.2) is 0 Å². The summed E-state index contributed by atoms with van der Waals surface area (Å²) in [6.45, 7) is 0. The molecule has 0 aliphatic rings. The number of aromatic amines is 1. The molecule has 2 N–H and O–H groups in total. The van der Waals surface area contributed by atoms with Gasteiger partial charge in [-0.25, -0.2) is 9.49 Å². The number of anilines is 1. The van der Waals surface area contributed by atoms with Gasteiger partial charge in [-0.1, -0.05) is 17.3 Å². The van der Waals surface area contributed by atoms with Crippen LogP contribution in [0.4, 0.5) is 10.3 Å². The van der Waals surface area contributed by atoms with Crippen molar-refractivity contribution in [2.24, 2.45) is 0 Å². The molecule has 0 atom stereocenters. The van der Waals surface area contributed by atoms with Crippen molar-refractivity contribution in [1.82, 2.24) is 20.3 Å². The third-order valence-electron chi connectivity index (χ3n) is 2.50. The first-order valence-corrected chi connectivity index (χ1v) is 5.62. The van der Waals surface area contributed by atoms with Crippen molar-refractivity contribution in [3.63, 3.8) is 0 Å². The summed E-state index contributed by atoms with van der Waals surface area (Å²) in [7, 11) is 0. The molecule has 0 aliphatic heterocycles. The number of H-pyrrole nitrogens is 1. The Hall–Kier alpha value is -3.03. The maximum absolute atomic E-state index is 13.1. The number of hydrogen-bond donors (Lipinski definition) is 2. The van der Waals surface area contributed by atoms with Crippen molar-refractivity contribution >= 4 is 11.9 Å². The number of amides is 1. The van der Waals surface area contributed by atoms with Crippen LogP contribution in [0.25, 0.3) is 11.3 Å². The molecular formula is C12H8FN5O2. The molecule has 3 aromatic rings. The number of hydrogen-bond acceptors (Lipinski definition) is 5. The van der Waals surface area contributed by atoms with Gasteiger partial charge in [0.25, 0.3) is 5.91 Å². The fourth-order valence-corrected chi connectivity index (χ4v) is 1.60. The van der Waals surface area contributed by atoms with Gasteiger partial charge in [0, 0.05) is 11.6 Å². The molecule has 0 saturated carbocycles. The first-order valence-electron chi connectivity index (χ1n) is 5.62. The number of aromatic nitrogens is 4. The standard InChI is InChI=1S/C12H8FN5O2/c13-8-3-1-2-7(4-8)9-5-10(20-18-9)11(19)16-12-14-6-15-17-12/h1-6H,(H2,14,15,16,17,19). The molecule has 0 spiro atoms. The molecule has 3 rings (SSSR count).